The molecule has 1 nitrogen and oxygen atoms in total. The van der Waals surface area contributed by atoms with E-state index in [1.165, 1.54) is 0 Å². The highest BCUT2D eigenvalue weighted by atomic mass is 35.5. The molecule has 0 spiro atoms. The molecule has 0 saturated heterocycles. The van der Waals surface area contributed by atoms with Crippen LogP contribution in [0, 0.1) is 19.3 Å². The van der Waals surface area contributed by atoms with Crippen LogP contribution < -0.4 is 0 Å². The van der Waals surface area contributed by atoms with Crippen molar-refractivity contribution >= 4 is 22.6 Å². The van der Waals surface area contributed by atoms with Crippen molar-refractivity contribution in [2.75, 3.05) is 0 Å². The van der Waals surface area contributed by atoms with Crippen LogP contribution in [0.5, 0.6) is 0 Å². The topological polar surface area (TPSA) is 13.1 Å². The summed E-state index contributed by atoms with van der Waals surface area (Å²) >= 11 is 5.96. The molecular weight excluding hydrogens is 184 g/mol. The summed E-state index contributed by atoms with van der Waals surface area (Å²) in [5.41, 5.74) is 1.48. The average Bonchev–Trinajstić information content (AvgIpc) is 2.46. The standard InChI is InChI=1S/C11H7ClO/c1-3-8-5-9-4-7(2)13-11(9)10(12)6-8/h1,4-6H,2H3. The zero-order valence-electron chi connectivity index (χ0n) is 7.10. The van der Waals surface area contributed by atoms with Gasteiger partial charge in [-0.1, -0.05) is 17.5 Å². The van der Waals surface area contributed by atoms with E-state index in [1.54, 1.807) is 6.07 Å². The number of fused-ring (bicyclic) bond motifs is 1. The Balaban J connectivity index is 2.85. The van der Waals surface area contributed by atoms with Gasteiger partial charge in [-0.15, -0.1) is 6.42 Å². The van der Waals surface area contributed by atoms with Crippen molar-refractivity contribution in [3.8, 4) is 12.3 Å². The minimum Gasteiger partial charge on any atom is -0.460 e. The largest absolute Gasteiger partial charge is 0.460 e. The van der Waals surface area contributed by atoms with Crippen LogP contribution in [0.15, 0.2) is 22.6 Å². The van der Waals surface area contributed by atoms with Gasteiger partial charge in [0.2, 0.25) is 0 Å². The maximum Gasteiger partial charge on any atom is 0.152 e. The Labute approximate surface area is 81.3 Å². The number of terminal acetylenes is 1. The van der Waals surface area contributed by atoms with E-state index in [0.717, 1.165) is 16.7 Å². The Morgan fingerprint density at radius 2 is 2.15 bits per heavy atom. The van der Waals surface area contributed by atoms with Crippen LogP contribution >= 0.6 is 11.6 Å². The summed E-state index contributed by atoms with van der Waals surface area (Å²) in [5, 5.41) is 1.52. The first kappa shape index (κ1) is 8.22. The van der Waals surface area contributed by atoms with E-state index in [9.17, 15) is 0 Å². The summed E-state index contributed by atoms with van der Waals surface area (Å²) in [6.07, 6.45) is 5.28. The number of hydrogen-bond donors (Lipinski definition) is 0. The van der Waals surface area contributed by atoms with E-state index < -0.39 is 0 Å². The van der Waals surface area contributed by atoms with Crippen LogP contribution in [0.25, 0.3) is 11.0 Å². The first-order valence-corrected chi connectivity index (χ1v) is 4.25. The Kier molecular flexibility index (Phi) is 1.79. The molecule has 64 valence electrons. The van der Waals surface area contributed by atoms with E-state index in [-0.39, 0.29) is 0 Å². The molecule has 0 aliphatic rings. The predicted octanol–water partition coefficient (Wildman–Crippen LogP) is 3.38. The lowest BCUT2D eigenvalue weighted by Crippen LogP contribution is -1.73. The van der Waals surface area contributed by atoms with Crippen LogP contribution in [0.2, 0.25) is 5.02 Å². The van der Waals surface area contributed by atoms with Gasteiger partial charge in [0.15, 0.2) is 5.58 Å². The lowest BCUT2D eigenvalue weighted by atomic mass is 10.2. The molecule has 1 aromatic heterocycles. The number of benzene rings is 1. The normalized spacial score (nSPS) is 10.2. The number of halogens is 1. The van der Waals surface area contributed by atoms with Crippen LogP contribution in [0.3, 0.4) is 0 Å². The lowest BCUT2D eigenvalue weighted by molar-refractivity contribution is 0.578. The number of hydrogen-bond acceptors (Lipinski definition) is 1. The maximum absolute atomic E-state index is 5.96. The smallest absolute Gasteiger partial charge is 0.152 e. The van der Waals surface area contributed by atoms with Crippen LogP contribution in [0.1, 0.15) is 11.3 Å². The third kappa shape index (κ3) is 1.30. The molecule has 1 heterocycles. The molecule has 2 aromatic rings. The van der Waals surface area contributed by atoms with Gasteiger partial charge >= 0.3 is 0 Å². The highest BCUT2D eigenvalue weighted by Gasteiger charge is 2.05. The van der Waals surface area contributed by atoms with Gasteiger partial charge in [-0.25, -0.2) is 0 Å². The molecule has 0 amide bonds. The van der Waals surface area contributed by atoms with Gasteiger partial charge in [0, 0.05) is 10.9 Å². The van der Waals surface area contributed by atoms with Crippen LogP contribution in [-0.4, -0.2) is 0 Å². The van der Waals surface area contributed by atoms with Gasteiger partial charge in [0.05, 0.1) is 5.02 Å². The monoisotopic (exact) mass is 190 g/mol. The van der Waals surface area contributed by atoms with Gasteiger partial charge in [0.25, 0.3) is 0 Å². The van der Waals surface area contributed by atoms with Gasteiger partial charge in [-0.3, -0.25) is 0 Å². The van der Waals surface area contributed by atoms with E-state index >= 15 is 0 Å². The fourth-order valence-electron chi connectivity index (χ4n) is 1.32. The van der Waals surface area contributed by atoms with Crippen LogP contribution in [-0.2, 0) is 0 Å². The van der Waals surface area contributed by atoms with Gasteiger partial charge in [-0.05, 0) is 25.1 Å². The second-order valence-corrected chi connectivity index (χ2v) is 3.29. The first-order chi connectivity index (χ1) is 6.20. The second-order valence-electron chi connectivity index (χ2n) is 2.88. The molecule has 0 atom stereocenters. The Hall–Kier alpha value is -1.39. The molecule has 0 N–H and O–H groups in total. The van der Waals surface area contributed by atoms with Crippen LogP contribution in [0.4, 0.5) is 0 Å². The predicted molar refractivity (Wildman–Crippen MR) is 53.9 cm³/mol. The molecule has 1 aromatic carbocycles. The second kappa shape index (κ2) is 2.83. The summed E-state index contributed by atoms with van der Waals surface area (Å²) in [4.78, 5) is 0. The minimum absolute atomic E-state index is 0.568. The van der Waals surface area contributed by atoms with Crippen molar-refractivity contribution in [3.63, 3.8) is 0 Å². The molecule has 0 radical (unpaired) electrons. The average molecular weight is 191 g/mol. The summed E-state index contributed by atoms with van der Waals surface area (Å²) in [6, 6.07) is 5.53. The number of furan rings is 1. The van der Waals surface area contributed by atoms with Gasteiger partial charge in [-0.2, -0.15) is 0 Å². The summed E-state index contributed by atoms with van der Waals surface area (Å²) in [7, 11) is 0. The molecule has 0 unspecified atom stereocenters. The van der Waals surface area contributed by atoms with Crippen molar-refractivity contribution in [2.45, 2.75) is 6.92 Å². The fourth-order valence-corrected chi connectivity index (χ4v) is 1.59. The van der Waals surface area contributed by atoms with E-state index in [1.807, 2.05) is 19.1 Å². The van der Waals surface area contributed by atoms with Gasteiger partial charge in [0.1, 0.15) is 5.76 Å². The molecule has 0 aliphatic heterocycles. The Morgan fingerprint density at radius 3 is 2.85 bits per heavy atom. The van der Waals surface area contributed by atoms with E-state index in [2.05, 4.69) is 5.92 Å². The van der Waals surface area contributed by atoms with E-state index in [0.29, 0.717) is 10.6 Å². The third-order valence-corrected chi connectivity index (χ3v) is 2.14. The molecule has 13 heavy (non-hydrogen) atoms. The summed E-state index contributed by atoms with van der Waals surface area (Å²) in [5.74, 6) is 3.38. The zero-order chi connectivity index (χ0) is 9.42. The summed E-state index contributed by atoms with van der Waals surface area (Å²) in [6.45, 7) is 1.88. The Morgan fingerprint density at radius 1 is 1.38 bits per heavy atom. The molecule has 0 fully saturated rings. The highest BCUT2D eigenvalue weighted by Crippen LogP contribution is 2.27. The Bertz CT molecular complexity index is 503. The zero-order valence-corrected chi connectivity index (χ0v) is 7.85. The highest BCUT2D eigenvalue weighted by molar-refractivity contribution is 6.35. The molecule has 2 heteroatoms. The maximum atomic E-state index is 5.96. The molecule has 0 saturated carbocycles. The quantitative estimate of drug-likeness (QED) is 0.581. The number of rotatable bonds is 0. The van der Waals surface area contributed by atoms with Crippen molar-refractivity contribution < 1.29 is 4.42 Å². The molecular formula is C11H7ClO. The van der Waals surface area contributed by atoms with Crippen molar-refractivity contribution in [1.29, 1.82) is 0 Å². The van der Waals surface area contributed by atoms with E-state index in [4.69, 9.17) is 22.4 Å². The van der Waals surface area contributed by atoms with Crippen molar-refractivity contribution in [3.05, 3.63) is 34.5 Å². The lowest BCUT2D eigenvalue weighted by Gasteiger charge is -1.93. The molecule has 0 bridgehead atoms. The first-order valence-electron chi connectivity index (χ1n) is 3.87. The van der Waals surface area contributed by atoms with Crippen molar-refractivity contribution in [1.82, 2.24) is 0 Å². The van der Waals surface area contributed by atoms with Gasteiger partial charge < -0.3 is 4.42 Å². The minimum atomic E-state index is 0.568. The molecule has 2 rings (SSSR count). The summed E-state index contributed by atoms with van der Waals surface area (Å²) < 4.78 is 5.40. The molecule has 0 aliphatic carbocycles. The number of aryl methyl sites for hydroxylation is 1. The SMILES string of the molecule is C#Cc1cc(Cl)c2oc(C)cc2c1. The van der Waals surface area contributed by atoms with Crippen molar-refractivity contribution in [2.24, 2.45) is 0 Å². The third-order valence-electron chi connectivity index (χ3n) is 1.86. The fraction of sp³-hybridized carbons (Fsp3) is 0.0909.